The van der Waals surface area contributed by atoms with Crippen molar-refractivity contribution in [3.63, 3.8) is 0 Å². The van der Waals surface area contributed by atoms with Gasteiger partial charge in [0.25, 0.3) is 0 Å². The Balaban J connectivity index is 2.23. The van der Waals surface area contributed by atoms with Gasteiger partial charge in [-0.3, -0.25) is 0 Å². The summed E-state index contributed by atoms with van der Waals surface area (Å²) in [6, 6.07) is 6.17. The Labute approximate surface area is 111 Å². The second kappa shape index (κ2) is 8.08. The van der Waals surface area contributed by atoms with E-state index in [0.29, 0.717) is 0 Å². The van der Waals surface area contributed by atoms with Crippen LogP contribution in [0.2, 0.25) is 0 Å². The van der Waals surface area contributed by atoms with E-state index in [1.807, 2.05) is 12.1 Å². The lowest BCUT2D eigenvalue weighted by atomic mass is 10.0. The highest BCUT2D eigenvalue weighted by molar-refractivity contribution is 7.80. The van der Waals surface area contributed by atoms with Crippen LogP contribution in [0.25, 0.3) is 0 Å². The molecule has 0 unspecified atom stereocenters. The summed E-state index contributed by atoms with van der Waals surface area (Å²) in [6.45, 7) is 2.26. The molecule has 1 aromatic carbocycles. The molecule has 0 spiro atoms. The van der Waals surface area contributed by atoms with Crippen molar-refractivity contribution in [1.29, 1.82) is 0 Å². The summed E-state index contributed by atoms with van der Waals surface area (Å²) in [4.78, 5) is 2.14. The van der Waals surface area contributed by atoms with Gasteiger partial charge in [-0.2, -0.15) is 0 Å². The van der Waals surface area contributed by atoms with Crippen molar-refractivity contribution in [2.45, 2.75) is 61.7 Å². The van der Waals surface area contributed by atoms with Gasteiger partial charge in [0.2, 0.25) is 0 Å². The number of aryl methyl sites for hydroxylation is 1. The second-order valence-corrected chi connectivity index (χ2v) is 5.33. The summed E-state index contributed by atoms with van der Waals surface area (Å²) in [7, 11) is 0. The number of hydrogen-bond acceptors (Lipinski definition) is 2. The SMILES string of the molecule is CCCCCCCCc1cc(S)ccc1S. The molecule has 90 valence electrons. The van der Waals surface area contributed by atoms with Gasteiger partial charge in [-0.1, -0.05) is 39.0 Å². The van der Waals surface area contributed by atoms with Crippen LogP contribution in [0.15, 0.2) is 28.0 Å². The van der Waals surface area contributed by atoms with Crippen molar-refractivity contribution < 1.29 is 0 Å². The van der Waals surface area contributed by atoms with E-state index >= 15 is 0 Å². The molecule has 1 aromatic rings. The highest BCUT2D eigenvalue weighted by Gasteiger charge is 1.99. The predicted octanol–water partition coefficient (Wildman–Crippen LogP) is 5.17. The topological polar surface area (TPSA) is 0 Å². The lowest BCUT2D eigenvalue weighted by Crippen LogP contribution is -1.88. The minimum absolute atomic E-state index is 1.04. The third kappa shape index (κ3) is 5.31. The number of benzene rings is 1. The van der Waals surface area contributed by atoms with Crippen LogP contribution in [0.1, 0.15) is 51.0 Å². The molecular formula is C14H22S2. The van der Waals surface area contributed by atoms with Crippen LogP contribution in [0.4, 0.5) is 0 Å². The lowest BCUT2D eigenvalue weighted by Gasteiger charge is -2.06. The van der Waals surface area contributed by atoms with Crippen LogP contribution in [0.3, 0.4) is 0 Å². The normalized spacial score (nSPS) is 10.7. The number of unbranched alkanes of at least 4 members (excludes halogenated alkanes) is 5. The van der Waals surface area contributed by atoms with Gasteiger partial charge in [-0.05, 0) is 36.6 Å². The fourth-order valence-corrected chi connectivity index (χ4v) is 2.35. The summed E-state index contributed by atoms with van der Waals surface area (Å²) < 4.78 is 0. The third-order valence-electron chi connectivity index (χ3n) is 2.86. The molecule has 0 bridgehead atoms. The molecule has 0 aliphatic rings. The van der Waals surface area contributed by atoms with Crippen molar-refractivity contribution >= 4 is 25.3 Å². The average molecular weight is 254 g/mol. The standard InChI is InChI=1S/C14H22S2/c1-2-3-4-5-6-7-8-12-11-13(15)9-10-14(12)16/h9-11,15-16H,2-8H2,1H3. The second-order valence-electron chi connectivity index (χ2n) is 4.33. The Bertz CT molecular complexity index is 308. The molecule has 0 aliphatic carbocycles. The first kappa shape index (κ1) is 14.0. The van der Waals surface area contributed by atoms with Crippen LogP contribution in [0.5, 0.6) is 0 Å². The molecule has 0 fully saturated rings. The smallest absolute Gasteiger partial charge is 0.00728 e. The molecule has 0 aliphatic heterocycles. The summed E-state index contributed by atoms with van der Waals surface area (Å²) in [5.74, 6) is 0. The van der Waals surface area contributed by atoms with E-state index in [4.69, 9.17) is 0 Å². The van der Waals surface area contributed by atoms with Gasteiger partial charge in [-0.15, -0.1) is 25.3 Å². The molecule has 0 heterocycles. The van der Waals surface area contributed by atoms with Gasteiger partial charge < -0.3 is 0 Å². The van der Waals surface area contributed by atoms with Gasteiger partial charge in [0.05, 0.1) is 0 Å². The fraction of sp³-hybridized carbons (Fsp3) is 0.571. The first-order valence-corrected chi connectivity index (χ1v) is 7.14. The van der Waals surface area contributed by atoms with E-state index in [0.717, 1.165) is 16.2 Å². The molecule has 0 N–H and O–H groups in total. The van der Waals surface area contributed by atoms with Crippen LogP contribution >= 0.6 is 25.3 Å². The van der Waals surface area contributed by atoms with Crippen molar-refractivity contribution in [3.05, 3.63) is 23.8 Å². The van der Waals surface area contributed by atoms with E-state index in [2.05, 4.69) is 38.2 Å². The molecule has 16 heavy (non-hydrogen) atoms. The maximum absolute atomic E-state index is 4.47. The van der Waals surface area contributed by atoms with E-state index in [9.17, 15) is 0 Å². The first-order chi connectivity index (χ1) is 7.74. The van der Waals surface area contributed by atoms with Gasteiger partial charge in [0, 0.05) is 9.79 Å². The monoisotopic (exact) mass is 254 g/mol. The van der Waals surface area contributed by atoms with Crippen molar-refractivity contribution in [3.8, 4) is 0 Å². The predicted molar refractivity (Wildman–Crippen MR) is 78.0 cm³/mol. The largest absolute Gasteiger partial charge is 0.143 e. The van der Waals surface area contributed by atoms with Crippen LogP contribution in [-0.4, -0.2) is 0 Å². The third-order valence-corrected chi connectivity index (χ3v) is 3.58. The highest BCUT2D eigenvalue weighted by atomic mass is 32.1. The molecular weight excluding hydrogens is 232 g/mol. The molecule has 0 aromatic heterocycles. The summed E-state index contributed by atoms with van der Waals surface area (Å²) >= 11 is 8.83. The summed E-state index contributed by atoms with van der Waals surface area (Å²) in [6.07, 6.45) is 9.21. The Kier molecular flexibility index (Phi) is 7.06. The van der Waals surface area contributed by atoms with Gasteiger partial charge in [0.1, 0.15) is 0 Å². The summed E-state index contributed by atoms with van der Waals surface area (Å²) in [5, 5.41) is 0. The Morgan fingerprint density at radius 2 is 1.62 bits per heavy atom. The Morgan fingerprint density at radius 1 is 0.938 bits per heavy atom. The Morgan fingerprint density at radius 3 is 2.38 bits per heavy atom. The fourth-order valence-electron chi connectivity index (χ4n) is 1.87. The number of thiol groups is 2. The minimum atomic E-state index is 1.04. The molecule has 2 heteroatoms. The molecule has 0 amide bonds. The minimum Gasteiger partial charge on any atom is -0.143 e. The van der Waals surface area contributed by atoms with Gasteiger partial charge in [0.15, 0.2) is 0 Å². The highest BCUT2D eigenvalue weighted by Crippen LogP contribution is 2.20. The first-order valence-electron chi connectivity index (χ1n) is 6.25. The van der Waals surface area contributed by atoms with E-state index in [1.54, 1.807) is 0 Å². The molecule has 0 saturated heterocycles. The van der Waals surface area contributed by atoms with E-state index in [-0.39, 0.29) is 0 Å². The molecule has 0 saturated carbocycles. The zero-order chi connectivity index (χ0) is 11.8. The van der Waals surface area contributed by atoms with Crippen LogP contribution in [-0.2, 0) is 6.42 Å². The van der Waals surface area contributed by atoms with E-state index < -0.39 is 0 Å². The van der Waals surface area contributed by atoms with E-state index in [1.165, 1.54) is 44.1 Å². The number of rotatable bonds is 7. The van der Waals surface area contributed by atoms with Crippen LogP contribution < -0.4 is 0 Å². The molecule has 0 nitrogen and oxygen atoms in total. The number of hydrogen-bond donors (Lipinski definition) is 2. The average Bonchev–Trinajstić information content (AvgIpc) is 2.28. The van der Waals surface area contributed by atoms with Crippen molar-refractivity contribution in [2.75, 3.05) is 0 Å². The molecule has 0 atom stereocenters. The molecule has 0 radical (unpaired) electrons. The summed E-state index contributed by atoms with van der Waals surface area (Å²) in [5.41, 5.74) is 1.34. The maximum atomic E-state index is 4.47. The van der Waals surface area contributed by atoms with Crippen molar-refractivity contribution in [1.82, 2.24) is 0 Å². The quantitative estimate of drug-likeness (QED) is 0.487. The van der Waals surface area contributed by atoms with Crippen molar-refractivity contribution in [2.24, 2.45) is 0 Å². The maximum Gasteiger partial charge on any atom is 0.00728 e. The Hall–Kier alpha value is -0.0800. The zero-order valence-corrected chi connectivity index (χ0v) is 11.9. The van der Waals surface area contributed by atoms with Gasteiger partial charge in [-0.25, -0.2) is 0 Å². The lowest BCUT2D eigenvalue weighted by molar-refractivity contribution is 0.606. The zero-order valence-electron chi connectivity index (χ0n) is 10.1. The van der Waals surface area contributed by atoms with Crippen LogP contribution in [0, 0.1) is 0 Å². The van der Waals surface area contributed by atoms with Gasteiger partial charge >= 0.3 is 0 Å². The molecule has 1 rings (SSSR count).